The highest BCUT2D eigenvalue weighted by Crippen LogP contribution is 2.48. The Bertz CT molecular complexity index is 2680. The Morgan fingerprint density at radius 1 is 0.465 bits per heavy atom. The van der Waals surface area contributed by atoms with Gasteiger partial charge < -0.3 is 8.83 Å². The summed E-state index contributed by atoms with van der Waals surface area (Å²) >= 11 is 1.86. The maximum atomic E-state index is 6.65. The molecule has 0 aliphatic rings. The van der Waals surface area contributed by atoms with Crippen molar-refractivity contribution in [3.8, 4) is 22.3 Å². The maximum absolute atomic E-state index is 6.65. The number of benzene rings is 7. The van der Waals surface area contributed by atoms with E-state index in [4.69, 9.17) is 8.83 Å². The zero-order valence-corrected chi connectivity index (χ0v) is 23.7. The first-order valence-corrected chi connectivity index (χ1v) is 15.3. The van der Waals surface area contributed by atoms with Gasteiger partial charge in [0.15, 0.2) is 0 Å². The first kappa shape index (κ1) is 23.2. The molecule has 200 valence electrons. The monoisotopic (exact) mass is 566 g/mol. The van der Waals surface area contributed by atoms with E-state index in [1.165, 1.54) is 58.4 Å². The molecule has 0 N–H and O–H groups in total. The van der Waals surface area contributed by atoms with E-state index in [1.807, 2.05) is 17.4 Å². The largest absolute Gasteiger partial charge is 0.464 e. The Balaban J connectivity index is 1.33. The van der Waals surface area contributed by atoms with Gasteiger partial charge in [-0.2, -0.15) is 0 Å². The van der Waals surface area contributed by atoms with Crippen molar-refractivity contribution in [1.29, 1.82) is 0 Å². The second-order valence-corrected chi connectivity index (χ2v) is 12.3. The lowest BCUT2D eigenvalue weighted by Gasteiger charge is -2.18. The molecule has 2 nitrogen and oxygen atoms in total. The standard InChI is InChI=1S/C40H22O2S/c1-3-11-28-26(9-1)36(24-17-19-35-32(22-24)25-8-5-6-15-34(25)43-35)27-10-2-4-12-29(27)37(28)30-13-7-14-31-38-33(42-40(30)31)18-16-23-20-21-41-39(23)38/h1-22H. The summed E-state index contributed by atoms with van der Waals surface area (Å²) < 4.78 is 15.2. The van der Waals surface area contributed by atoms with E-state index in [-0.39, 0.29) is 0 Å². The Morgan fingerprint density at radius 3 is 1.93 bits per heavy atom. The summed E-state index contributed by atoms with van der Waals surface area (Å²) in [6, 6.07) is 45.9. The van der Waals surface area contributed by atoms with Gasteiger partial charge in [-0.05, 0) is 69.1 Å². The number of thiophene rings is 1. The zero-order valence-electron chi connectivity index (χ0n) is 22.9. The molecule has 0 bridgehead atoms. The maximum Gasteiger partial charge on any atom is 0.145 e. The summed E-state index contributed by atoms with van der Waals surface area (Å²) in [6.45, 7) is 0. The predicted molar refractivity (Wildman–Crippen MR) is 182 cm³/mol. The molecule has 0 amide bonds. The van der Waals surface area contributed by atoms with Gasteiger partial charge in [-0.3, -0.25) is 0 Å². The second-order valence-electron chi connectivity index (χ2n) is 11.2. The zero-order chi connectivity index (χ0) is 28.1. The summed E-state index contributed by atoms with van der Waals surface area (Å²) in [5.41, 5.74) is 7.37. The molecule has 10 rings (SSSR count). The van der Waals surface area contributed by atoms with Gasteiger partial charge in [-0.1, -0.05) is 91.0 Å². The van der Waals surface area contributed by atoms with Gasteiger partial charge in [-0.15, -0.1) is 11.3 Å². The minimum atomic E-state index is 0.839. The number of hydrogen-bond acceptors (Lipinski definition) is 3. The highest BCUT2D eigenvalue weighted by Gasteiger charge is 2.21. The highest BCUT2D eigenvalue weighted by atomic mass is 32.1. The highest BCUT2D eigenvalue weighted by molar-refractivity contribution is 7.25. The SMILES string of the molecule is c1ccc2c(c1)sc1ccc(-c3c4ccccc4c(-c4cccc5c4oc4ccc6ccoc6c45)c4ccccc34)cc12. The molecular weight excluding hydrogens is 545 g/mol. The van der Waals surface area contributed by atoms with Crippen LogP contribution in [0.3, 0.4) is 0 Å². The normalized spacial score (nSPS) is 12.2. The van der Waals surface area contributed by atoms with E-state index in [1.54, 1.807) is 6.26 Å². The lowest BCUT2D eigenvalue weighted by atomic mass is 9.85. The van der Waals surface area contributed by atoms with Crippen LogP contribution in [0.25, 0.3) is 96.9 Å². The number of rotatable bonds is 2. The van der Waals surface area contributed by atoms with Crippen molar-refractivity contribution >= 4 is 86.0 Å². The van der Waals surface area contributed by atoms with Crippen molar-refractivity contribution in [3.05, 3.63) is 134 Å². The van der Waals surface area contributed by atoms with Gasteiger partial charge in [0.25, 0.3) is 0 Å². The first-order chi connectivity index (χ1) is 21.3. The van der Waals surface area contributed by atoms with Crippen LogP contribution in [0.4, 0.5) is 0 Å². The Morgan fingerprint density at radius 2 is 1.14 bits per heavy atom. The molecule has 0 spiro atoms. The van der Waals surface area contributed by atoms with Crippen LogP contribution < -0.4 is 0 Å². The topological polar surface area (TPSA) is 26.3 Å². The number of para-hydroxylation sites is 1. The number of furan rings is 2. The van der Waals surface area contributed by atoms with Crippen molar-refractivity contribution in [3.63, 3.8) is 0 Å². The summed E-state index contributed by atoms with van der Waals surface area (Å²) in [6.07, 6.45) is 1.75. The first-order valence-electron chi connectivity index (χ1n) is 14.5. The molecule has 0 saturated carbocycles. The van der Waals surface area contributed by atoms with Crippen LogP contribution in [0.2, 0.25) is 0 Å². The van der Waals surface area contributed by atoms with E-state index >= 15 is 0 Å². The molecule has 10 aromatic rings. The van der Waals surface area contributed by atoms with Crippen LogP contribution in [0, 0.1) is 0 Å². The number of fused-ring (bicyclic) bond motifs is 10. The van der Waals surface area contributed by atoms with Crippen LogP contribution in [-0.2, 0) is 0 Å². The van der Waals surface area contributed by atoms with Crippen LogP contribution in [0.15, 0.2) is 142 Å². The average molecular weight is 567 g/mol. The van der Waals surface area contributed by atoms with E-state index < -0.39 is 0 Å². The Hall–Kier alpha value is -5.38. The van der Waals surface area contributed by atoms with Crippen molar-refractivity contribution in [2.24, 2.45) is 0 Å². The van der Waals surface area contributed by atoms with Crippen molar-refractivity contribution < 1.29 is 8.83 Å². The molecule has 0 radical (unpaired) electrons. The fourth-order valence-electron chi connectivity index (χ4n) is 7.12. The molecule has 0 saturated heterocycles. The van der Waals surface area contributed by atoms with Crippen molar-refractivity contribution in [1.82, 2.24) is 0 Å². The fourth-order valence-corrected chi connectivity index (χ4v) is 8.20. The summed E-state index contributed by atoms with van der Waals surface area (Å²) in [7, 11) is 0. The molecule has 7 aromatic carbocycles. The molecule has 0 aliphatic heterocycles. The minimum Gasteiger partial charge on any atom is -0.464 e. The van der Waals surface area contributed by atoms with Crippen molar-refractivity contribution in [2.45, 2.75) is 0 Å². The van der Waals surface area contributed by atoms with Gasteiger partial charge >= 0.3 is 0 Å². The molecule has 0 fully saturated rings. The van der Waals surface area contributed by atoms with E-state index in [0.29, 0.717) is 0 Å². The molecule has 3 heterocycles. The molecule has 43 heavy (non-hydrogen) atoms. The number of hydrogen-bond donors (Lipinski definition) is 0. The quantitative estimate of drug-likeness (QED) is 0.195. The van der Waals surface area contributed by atoms with Crippen LogP contribution in [0.1, 0.15) is 0 Å². The molecule has 3 heteroatoms. The summed E-state index contributed by atoms with van der Waals surface area (Å²) in [5, 5.41) is 10.7. The van der Waals surface area contributed by atoms with E-state index in [2.05, 4.69) is 121 Å². The minimum absolute atomic E-state index is 0.839. The van der Waals surface area contributed by atoms with Gasteiger partial charge in [0, 0.05) is 42.1 Å². The third kappa shape index (κ3) is 3.17. The fraction of sp³-hybridized carbons (Fsp3) is 0. The van der Waals surface area contributed by atoms with Gasteiger partial charge in [-0.25, -0.2) is 0 Å². The third-order valence-electron chi connectivity index (χ3n) is 8.95. The van der Waals surface area contributed by atoms with Crippen LogP contribution in [-0.4, -0.2) is 0 Å². The molecule has 0 aliphatic carbocycles. The van der Waals surface area contributed by atoms with Gasteiger partial charge in [0.1, 0.15) is 16.7 Å². The summed E-state index contributed by atoms with van der Waals surface area (Å²) in [5.74, 6) is 0. The third-order valence-corrected chi connectivity index (χ3v) is 10.1. The van der Waals surface area contributed by atoms with Crippen LogP contribution >= 0.6 is 11.3 Å². The second kappa shape index (κ2) is 8.57. The van der Waals surface area contributed by atoms with Crippen LogP contribution in [0.5, 0.6) is 0 Å². The molecule has 0 atom stereocenters. The molecule has 0 unspecified atom stereocenters. The van der Waals surface area contributed by atoms with Crippen molar-refractivity contribution in [2.75, 3.05) is 0 Å². The molecule has 3 aromatic heterocycles. The predicted octanol–water partition coefficient (Wildman–Crippen LogP) is 12.3. The lowest BCUT2D eigenvalue weighted by molar-refractivity contribution is 0.618. The smallest absolute Gasteiger partial charge is 0.145 e. The van der Waals surface area contributed by atoms with Gasteiger partial charge in [0.2, 0.25) is 0 Å². The summed E-state index contributed by atoms with van der Waals surface area (Å²) in [4.78, 5) is 0. The van der Waals surface area contributed by atoms with E-state index in [9.17, 15) is 0 Å². The molecular formula is C40H22O2S. The lowest BCUT2D eigenvalue weighted by Crippen LogP contribution is -1.91. The Labute approximate surface area is 250 Å². The average Bonchev–Trinajstić information content (AvgIpc) is 3.78. The van der Waals surface area contributed by atoms with E-state index in [0.717, 1.165) is 38.5 Å². The Kier molecular flexibility index (Phi) is 4.63. The van der Waals surface area contributed by atoms with Gasteiger partial charge in [0.05, 0.1) is 11.6 Å².